The molecule has 0 aliphatic carbocycles. The first kappa shape index (κ1) is 26.3. The summed E-state index contributed by atoms with van der Waals surface area (Å²) in [5, 5.41) is 0.0740. The van der Waals surface area contributed by atoms with E-state index in [1.165, 1.54) is 0 Å². The van der Waals surface area contributed by atoms with Crippen LogP contribution in [0.5, 0.6) is 11.5 Å². The van der Waals surface area contributed by atoms with E-state index >= 15 is 0 Å². The topological polar surface area (TPSA) is 44.8 Å². The summed E-state index contributed by atoms with van der Waals surface area (Å²) in [6.45, 7) is 11.5. The van der Waals surface area contributed by atoms with Gasteiger partial charge in [0.25, 0.3) is 0 Å². The molecule has 0 heterocycles. The van der Waals surface area contributed by atoms with E-state index in [0.29, 0.717) is 23.7 Å². The van der Waals surface area contributed by atoms with Gasteiger partial charge >= 0.3 is 0 Å². The van der Waals surface area contributed by atoms with Crippen molar-refractivity contribution in [3.63, 3.8) is 0 Å². The van der Waals surface area contributed by atoms with Crippen molar-refractivity contribution in [2.75, 3.05) is 14.2 Å². The molecule has 182 valence electrons. The van der Waals surface area contributed by atoms with Crippen LogP contribution in [0.2, 0.25) is 18.1 Å². The van der Waals surface area contributed by atoms with Gasteiger partial charge in [-0.3, -0.25) is 4.79 Å². The average Bonchev–Trinajstić information content (AvgIpc) is 2.85. The number of hydrogen-bond acceptors (Lipinski definition) is 4. The highest BCUT2D eigenvalue weighted by molar-refractivity contribution is 6.74. The quantitative estimate of drug-likeness (QED) is 0.202. The molecule has 0 N–H and O–H groups in total. The van der Waals surface area contributed by atoms with Gasteiger partial charge in [-0.2, -0.15) is 0 Å². The van der Waals surface area contributed by atoms with Gasteiger partial charge in [-0.15, -0.1) is 0 Å². The molecule has 35 heavy (non-hydrogen) atoms. The second-order valence-corrected chi connectivity index (χ2v) is 14.7. The molecule has 3 rings (SSSR count). The van der Waals surface area contributed by atoms with E-state index in [1.807, 2.05) is 66.7 Å². The Bertz CT molecular complexity index is 1240. The Balaban J connectivity index is 2.09. The van der Waals surface area contributed by atoms with Crippen LogP contribution in [-0.4, -0.2) is 28.3 Å². The molecular weight excluding hydrogens is 452 g/mol. The lowest BCUT2D eigenvalue weighted by molar-refractivity contribution is 0.105. The van der Waals surface area contributed by atoms with Gasteiger partial charge in [0.05, 0.1) is 20.8 Å². The maximum absolute atomic E-state index is 13.2. The summed E-state index contributed by atoms with van der Waals surface area (Å²) in [6, 6.07) is 20.9. The molecule has 5 heteroatoms. The molecule has 0 saturated carbocycles. The standard InChI is InChI=1S/C30H34O4Si/c1-30(2,3)35(6,7)34-21-23-19-28(32-4)29(33-5)20-26(23)24-15-11-12-16-25(24)27(31)18-17-22-13-9-8-10-14-22/h8-16,19-20H,21H2,1-7H3. The van der Waals surface area contributed by atoms with E-state index in [1.54, 1.807) is 14.2 Å². The number of carbonyl (C=O) groups is 1. The summed E-state index contributed by atoms with van der Waals surface area (Å²) in [5.41, 5.74) is 3.93. The van der Waals surface area contributed by atoms with E-state index in [4.69, 9.17) is 13.9 Å². The summed E-state index contributed by atoms with van der Waals surface area (Å²) in [5.74, 6) is 6.75. The lowest BCUT2D eigenvalue weighted by atomic mass is 9.93. The Hall–Kier alpha value is -3.33. The van der Waals surface area contributed by atoms with Crippen LogP contribution in [0.4, 0.5) is 0 Å². The van der Waals surface area contributed by atoms with Gasteiger partial charge in [0.2, 0.25) is 5.78 Å². The van der Waals surface area contributed by atoms with E-state index in [-0.39, 0.29) is 10.8 Å². The van der Waals surface area contributed by atoms with Gasteiger partial charge in [0.15, 0.2) is 19.8 Å². The first-order valence-electron chi connectivity index (χ1n) is 11.7. The van der Waals surface area contributed by atoms with Crippen LogP contribution in [0.3, 0.4) is 0 Å². The Labute approximate surface area is 210 Å². The van der Waals surface area contributed by atoms with Gasteiger partial charge in [0, 0.05) is 11.1 Å². The van der Waals surface area contributed by atoms with Gasteiger partial charge in [0.1, 0.15) is 0 Å². The lowest BCUT2D eigenvalue weighted by Gasteiger charge is -2.36. The molecule has 0 spiro atoms. The minimum absolute atomic E-state index is 0.0740. The summed E-state index contributed by atoms with van der Waals surface area (Å²) < 4.78 is 17.7. The molecule has 0 fully saturated rings. The Morgan fingerprint density at radius 3 is 2.09 bits per heavy atom. The van der Waals surface area contributed by atoms with E-state index in [2.05, 4.69) is 45.7 Å². The molecule has 3 aromatic rings. The number of hydrogen-bond donors (Lipinski definition) is 0. The van der Waals surface area contributed by atoms with Crippen LogP contribution in [-0.2, 0) is 11.0 Å². The Morgan fingerprint density at radius 2 is 1.46 bits per heavy atom. The third-order valence-electron chi connectivity index (χ3n) is 6.56. The van der Waals surface area contributed by atoms with Gasteiger partial charge in [-0.05, 0) is 71.1 Å². The number of benzene rings is 3. The number of ketones is 1. The highest BCUT2D eigenvalue weighted by Crippen LogP contribution is 2.40. The predicted octanol–water partition coefficient (Wildman–Crippen LogP) is 7.13. The Kier molecular flexibility index (Phi) is 8.21. The number of carbonyl (C=O) groups excluding carboxylic acids is 1. The highest BCUT2D eigenvalue weighted by Gasteiger charge is 2.37. The molecular formula is C30H34O4Si. The summed E-state index contributed by atoms with van der Waals surface area (Å²) in [4.78, 5) is 13.2. The predicted molar refractivity (Wildman–Crippen MR) is 145 cm³/mol. The fourth-order valence-corrected chi connectivity index (χ4v) is 4.35. The molecule has 3 aromatic carbocycles. The van der Waals surface area contributed by atoms with E-state index in [9.17, 15) is 4.79 Å². The van der Waals surface area contributed by atoms with E-state index in [0.717, 1.165) is 22.3 Å². The number of methoxy groups -OCH3 is 2. The second kappa shape index (κ2) is 10.9. The number of rotatable bonds is 7. The minimum Gasteiger partial charge on any atom is -0.493 e. The molecule has 0 radical (unpaired) electrons. The first-order chi connectivity index (χ1) is 16.6. The van der Waals surface area contributed by atoms with Crippen molar-refractivity contribution in [1.82, 2.24) is 0 Å². The monoisotopic (exact) mass is 486 g/mol. The van der Waals surface area contributed by atoms with Gasteiger partial charge in [-0.25, -0.2) is 0 Å². The van der Waals surface area contributed by atoms with Crippen molar-refractivity contribution in [3.8, 4) is 34.5 Å². The van der Waals surface area contributed by atoms with Crippen LogP contribution in [0.1, 0.15) is 42.3 Å². The van der Waals surface area contributed by atoms with Gasteiger partial charge < -0.3 is 13.9 Å². The van der Waals surface area contributed by atoms with Crippen LogP contribution in [0.25, 0.3) is 11.1 Å². The van der Waals surface area contributed by atoms with Crippen LogP contribution >= 0.6 is 0 Å². The molecule has 0 aliphatic rings. The molecule has 0 atom stereocenters. The summed E-state index contributed by atoms with van der Waals surface area (Å²) >= 11 is 0. The fourth-order valence-electron chi connectivity index (χ4n) is 3.40. The van der Waals surface area contributed by atoms with Crippen LogP contribution in [0, 0.1) is 11.8 Å². The van der Waals surface area contributed by atoms with Crippen molar-refractivity contribution in [2.45, 2.75) is 45.5 Å². The molecule has 0 amide bonds. The maximum Gasteiger partial charge on any atom is 0.236 e. The molecule has 4 nitrogen and oxygen atoms in total. The van der Waals surface area contributed by atoms with Crippen molar-refractivity contribution in [2.24, 2.45) is 0 Å². The Morgan fingerprint density at radius 1 is 0.857 bits per heavy atom. The lowest BCUT2D eigenvalue weighted by Crippen LogP contribution is -2.40. The summed E-state index contributed by atoms with van der Waals surface area (Å²) in [7, 11) is 1.22. The fraction of sp³-hybridized carbons (Fsp3) is 0.300. The minimum atomic E-state index is -2.01. The molecule has 0 aliphatic heterocycles. The van der Waals surface area contributed by atoms with Crippen molar-refractivity contribution < 1.29 is 18.7 Å². The third kappa shape index (κ3) is 6.22. The average molecular weight is 487 g/mol. The molecule has 0 bridgehead atoms. The molecule has 0 unspecified atom stereocenters. The van der Waals surface area contributed by atoms with Crippen molar-refractivity contribution >= 4 is 14.1 Å². The number of Topliss-reactive ketones (excluding diaryl/α,β-unsaturated/α-hetero) is 1. The van der Waals surface area contributed by atoms with E-state index < -0.39 is 8.32 Å². The highest BCUT2D eigenvalue weighted by atomic mass is 28.4. The molecule has 0 saturated heterocycles. The zero-order chi connectivity index (χ0) is 25.6. The van der Waals surface area contributed by atoms with Crippen molar-refractivity contribution in [1.29, 1.82) is 0 Å². The smallest absolute Gasteiger partial charge is 0.236 e. The zero-order valence-corrected chi connectivity index (χ0v) is 22.7. The maximum atomic E-state index is 13.2. The van der Waals surface area contributed by atoms with Crippen molar-refractivity contribution in [3.05, 3.63) is 83.4 Å². The van der Waals surface area contributed by atoms with Gasteiger partial charge in [-0.1, -0.05) is 63.1 Å². The molecule has 0 aromatic heterocycles. The second-order valence-electron chi connectivity index (χ2n) is 9.90. The third-order valence-corrected chi connectivity index (χ3v) is 11.0. The SMILES string of the molecule is COc1cc(CO[Si](C)(C)C(C)(C)C)c(-c2ccccc2C(=O)C#Cc2ccccc2)cc1OC. The van der Waals surface area contributed by atoms with Crippen LogP contribution in [0.15, 0.2) is 66.7 Å². The normalized spacial score (nSPS) is 11.4. The number of ether oxygens (including phenoxy) is 2. The summed E-state index contributed by atoms with van der Waals surface area (Å²) in [6.07, 6.45) is 0. The zero-order valence-electron chi connectivity index (χ0n) is 21.7. The largest absolute Gasteiger partial charge is 0.493 e. The van der Waals surface area contributed by atoms with Crippen LogP contribution < -0.4 is 9.47 Å². The first-order valence-corrected chi connectivity index (χ1v) is 14.6.